The summed E-state index contributed by atoms with van der Waals surface area (Å²) in [4.78, 5) is 22.0. The zero-order valence-corrected chi connectivity index (χ0v) is 21.7. The lowest BCUT2D eigenvalue weighted by Crippen LogP contribution is -2.23. The van der Waals surface area contributed by atoms with Crippen molar-refractivity contribution in [3.63, 3.8) is 0 Å². The number of carbonyl (C=O) groups is 1. The molecule has 0 aliphatic rings. The van der Waals surface area contributed by atoms with E-state index in [0.717, 1.165) is 32.2 Å². The summed E-state index contributed by atoms with van der Waals surface area (Å²) in [6.07, 6.45) is 33.2. The van der Waals surface area contributed by atoms with Crippen molar-refractivity contribution in [3.8, 4) is 0 Å². The molecule has 32 heavy (non-hydrogen) atoms. The fourth-order valence-corrected chi connectivity index (χ4v) is 4.36. The third kappa shape index (κ3) is 27.2. The van der Waals surface area contributed by atoms with Crippen LogP contribution in [0.1, 0.15) is 167 Å². The fourth-order valence-electron chi connectivity index (χ4n) is 4.36. The maximum atomic E-state index is 11.9. The quantitative estimate of drug-likeness (QED) is 0.127. The number of hydrogen-bond donors (Lipinski definition) is 1. The standard InChI is InChI=1S/C29H56NO2/c1-2-3-4-5-6-7-8-9-10-11-12-14-17-20-23-26-29(32)30-27-24-21-18-15-13-16-19-22-25-28-31/h2-27H2,1H3,(H,30,32). The Labute approximate surface area is 201 Å². The minimum atomic E-state index is 0.242. The molecular weight excluding hydrogens is 394 g/mol. The largest absolute Gasteiger partial charge is 0.356 e. The van der Waals surface area contributed by atoms with E-state index in [-0.39, 0.29) is 5.91 Å². The Hall–Kier alpha value is -0.860. The number of rotatable bonds is 27. The predicted molar refractivity (Wildman–Crippen MR) is 140 cm³/mol. The van der Waals surface area contributed by atoms with Gasteiger partial charge in [0.15, 0.2) is 6.29 Å². The van der Waals surface area contributed by atoms with Gasteiger partial charge >= 0.3 is 0 Å². The second-order valence-electron chi connectivity index (χ2n) is 9.77. The van der Waals surface area contributed by atoms with Gasteiger partial charge in [0.05, 0.1) is 0 Å². The van der Waals surface area contributed by atoms with Crippen LogP contribution in [0.15, 0.2) is 0 Å². The van der Waals surface area contributed by atoms with Crippen molar-refractivity contribution >= 4 is 12.2 Å². The van der Waals surface area contributed by atoms with Crippen LogP contribution in [0.25, 0.3) is 0 Å². The summed E-state index contributed by atoms with van der Waals surface area (Å²) in [6, 6.07) is 0. The molecule has 0 bridgehead atoms. The zero-order chi connectivity index (χ0) is 23.4. The molecule has 0 aromatic heterocycles. The number of carbonyl (C=O) groups excluding carboxylic acids is 2. The van der Waals surface area contributed by atoms with E-state index in [9.17, 15) is 9.59 Å². The average Bonchev–Trinajstić information content (AvgIpc) is 2.80. The molecular formula is C29H56NO2. The van der Waals surface area contributed by atoms with Crippen molar-refractivity contribution in [2.24, 2.45) is 0 Å². The van der Waals surface area contributed by atoms with Gasteiger partial charge in [0.25, 0.3) is 0 Å². The molecule has 1 N–H and O–H groups in total. The molecule has 3 nitrogen and oxygen atoms in total. The number of amides is 1. The second-order valence-corrected chi connectivity index (χ2v) is 9.77. The molecule has 0 fully saturated rings. The van der Waals surface area contributed by atoms with Gasteiger partial charge in [-0.25, -0.2) is 0 Å². The van der Waals surface area contributed by atoms with Crippen LogP contribution in [0.3, 0.4) is 0 Å². The van der Waals surface area contributed by atoms with Gasteiger partial charge in [-0.05, 0) is 19.3 Å². The molecule has 0 atom stereocenters. The summed E-state index contributed by atoms with van der Waals surface area (Å²) < 4.78 is 0. The number of nitrogens with one attached hydrogen (secondary N) is 1. The first kappa shape index (κ1) is 31.1. The Morgan fingerprint density at radius 1 is 0.531 bits per heavy atom. The lowest BCUT2D eigenvalue weighted by molar-refractivity contribution is -0.121. The van der Waals surface area contributed by atoms with Gasteiger partial charge in [-0.3, -0.25) is 9.59 Å². The highest BCUT2D eigenvalue weighted by Gasteiger charge is 2.01. The summed E-state index contributed by atoms with van der Waals surface area (Å²) in [5, 5.41) is 3.08. The summed E-state index contributed by atoms with van der Waals surface area (Å²) >= 11 is 0. The predicted octanol–water partition coefficient (Wildman–Crippen LogP) is 8.98. The molecule has 1 radical (unpaired) electrons. The normalized spacial score (nSPS) is 11.0. The minimum Gasteiger partial charge on any atom is -0.356 e. The third-order valence-corrected chi connectivity index (χ3v) is 6.54. The molecule has 0 spiro atoms. The summed E-state index contributed by atoms with van der Waals surface area (Å²) in [5.41, 5.74) is 0. The zero-order valence-electron chi connectivity index (χ0n) is 21.7. The van der Waals surface area contributed by atoms with E-state index < -0.39 is 0 Å². The van der Waals surface area contributed by atoms with Crippen LogP contribution in [0.4, 0.5) is 0 Å². The summed E-state index contributed by atoms with van der Waals surface area (Å²) in [5.74, 6) is 0.242. The van der Waals surface area contributed by atoms with Gasteiger partial charge in [0.2, 0.25) is 5.91 Å². The van der Waals surface area contributed by atoms with Gasteiger partial charge in [-0.15, -0.1) is 0 Å². The van der Waals surface area contributed by atoms with Crippen molar-refractivity contribution in [1.82, 2.24) is 5.32 Å². The lowest BCUT2D eigenvalue weighted by atomic mass is 10.0. The molecule has 0 aliphatic heterocycles. The topological polar surface area (TPSA) is 46.2 Å². The SMILES string of the molecule is CCCCCCCCCCCCCCCCCC(=O)NCCCCCCCCCC[C]=O. The first-order chi connectivity index (χ1) is 15.8. The van der Waals surface area contributed by atoms with Crippen LogP contribution < -0.4 is 5.32 Å². The Morgan fingerprint density at radius 3 is 1.34 bits per heavy atom. The Kier molecular flexibility index (Phi) is 27.4. The van der Waals surface area contributed by atoms with Gasteiger partial charge < -0.3 is 5.32 Å². The highest BCUT2D eigenvalue weighted by Crippen LogP contribution is 2.14. The van der Waals surface area contributed by atoms with Crippen LogP contribution in [-0.2, 0) is 9.59 Å². The van der Waals surface area contributed by atoms with E-state index in [1.807, 2.05) is 6.29 Å². The van der Waals surface area contributed by atoms with E-state index in [2.05, 4.69) is 12.2 Å². The average molecular weight is 451 g/mol. The number of hydrogen-bond acceptors (Lipinski definition) is 2. The highest BCUT2D eigenvalue weighted by molar-refractivity contribution is 5.75. The molecule has 0 heterocycles. The molecule has 189 valence electrons. The van der Waals surface area contributed by atoms with E-state index in [0.29, 0.717) is 12.8 Å². The summed E-state index contributed by atoms with van der Waals surface area (Å²) in [7, 11) is 0. The smallest absolute Gasteiger partial charge is 0.219 e. The molecule has 0 rings (SSSR count). The first-order valence-electron chi connectivity index (χ1n) is 14.4. The Morgan fingerprint density at radius 2 is 0.906 bits per heavy atom. The van der Waals surface area contributed by atoms with Gasteiger partial charge in [-0.2, -0.15) is 0 Å². The van der Waals surface area contributed by atoms with Crippen molar-refractivity contribution in [2.45, 2.75) is 167 Å². The molecule has 0 saturated heterocycles. The van der Waals surface area contributed by atoms with Gasteiger partial charge in [0, 0.05) is 19.4 Å². The van der Waals surface area contributed by atoms with Crippen molar-refractivity contribution < 1.29 is 9.59 Å². The van der Waals surface area contributed by atoms with Crippen LogP contribution in [0.5, 0.6) is 0 Å². The monoisotopic (exact) mass is 450 g/mol. The highest BCUT2D eigenvalue weighted by atomic mass is 16.1. The molecule has 0 aromatic rings. The van der Waals surface area contributed by atoms with E-state index >= 15 is 0 Å². The molecule has 0 aliphatic carbocycles. The van der Waals surface area contributed by atoms with Crippen molar-refractivity contribution in [1.29, 1.82) is 0 Å². The molecule has 0 unspecified atom stereocenters. The Balaban J connectivity index is 3.14. The maximum Gasteiger partial charge on any atom is 0.219 e. The van der Waals surface area contributed by atoms with Crippen LogP contribution in [-0.4, -0.2) is 18.7 Å². The first-order valence-corrected chi connectivity index (χ1v) is 14.4. The van der Waals surface area contributed by atoms with Crippen molar-refractivity contribution in [3.05, 3.63) is 0 Å². The molecule has 3 heteroatoms. The van der Waals surface area contributed by atoms with Crippen LogP contribution in [0.2, 0.25) is 0 Å². The van der Waals surface area contributed by atoms with Crippen LogP contribution >= 0.6 is 0 Å². The molecule has 0 saturated carbocycles. The summed E-state index contributed by atoms with van der Waals surface area (Å²) in [6.45, 7) is 3.12. The van der Waals surface area contributed by atoms with Crippen molar-refractivity contribution in [2.75, 3.05) is 6.54 Å². The van der Waals surface area contributed by atoms with Gasteiger partial charge in [0.1, 0.15) is 0 Å². The molecule has 1 amide bonds. The van der Waals surface area contributed by atoms with E-state index in [4.69, 9.17) is 0 Å². The van der Waals surface area contributed by atoms with E-state index in [1.54, 1.807) is 0 Å². The second kappa shape index (κ2) is 28.2. The number of unbranched alkanes of at least 4 members (excludes halogenated alkanes) is 22. The fraction of sp³-hybridized carbons (Fsp3) is 0.931. The third-order valence-electron chi connectivity index (χ3n) is 6.54. The minimum absolute atomic E-state index is 0.242. The lowest BCUT2D eigenvalue weighted by Gasteiger charge is -2.06. The van der Waals surface area contributed by atoms with Crippen LogP contribution in [0, 0.1) is 0 Å². The molecule has 0 aromatic carbocycles. The van der Waals surface area contributed by atoms with E-state index in [1.165, 1.54) is 122 Å². The maximum absolute atomic E-state index is 11.9. The van der Waals surface area contributed by atoms with Gasteiger partial charge in [-0.1, -0.05) is 135 Å². The Bertz CT molecular complexity index is 383.